The second kappa shape index (κ2) is 5.87. The van der Waals surface area contributed by atoms with Gasteiger partial charge in [-0.05, 0) is 38.8 Å². The molecule has 0 saturated carbocycles. The van der Waals surface area contributed by atoms with Gasteiger partial charge < -0.3 is 4.90 Å². The SMILES string of the molecule is Cc1nc(C)n([C@@H]2CCCN(C(=O)c3ccccc3F)C2)n1. The summed E-state index contributed by atoms with van der Waals surface area (Å²) in [7, 11) is 0. The number of aryl methyl sites for hydroxylation is 2. The fourth-order valence-electron chi connectivity index (χ4n) is 3.03. The van der Waals surface area contributed by atoms with E-state index in [1.165, 1.54) is 12.1 Å². The molecule has 1 aromatic heterocycles. The van der Waals surface area contributed by atoms with E-state index < -0.39 is 5.82 Å². The topological polar surface area (TPSA) is 51.0 Å². The van der Waals surface area contributed by atoms with E-state index in [9.17, 15) is 9.18 Å². The molecule has 1 aliphatic heterocycles. The van der Waals surface area contributed by atoms with Crippen LogP contribution in [0.15, 0.2) is 24.3 Å². The maximum absolute atomic E-state index is 13.8. The Morgan fingerprint density at radius 3 is 2.77 bits per heavy atom. The predicted molar refractivity (Wildman–Crippen MR) is 80.1 cm³/mol. The number of hydrogen-bond acceptors (Lipinski definition) is 3. The number of carbonyl (C=O) groups excluding carboxylic acids is 1. The van der Waals surface area contributed by atoms with Crippen LogP contribution < -0.4 is 0 Å². The Morgan fingerprint density at radius 1 is 1.32 bits per heavy atom. The average Bonchev–Trinajstić information content (AvgIpc) is 2.86. The third-order valence-corrected chi connectivity index (χ3v) is 4.04. The highest BCUT2D eigenvalue weighted by Gasteiger charge is 2.28. The van der Waals surface area contributed by atoms with Crippen molar-refractivity contribution >= 4 is 5.91 Å². The van der Waals surface area contributed by atoms with Crippen LogP contribution in [-0.2, 0) is 0 Å². The molecular weight excluding hydrogens is 283 g/mol. The lowest BCUT2D eigenvalue weighted by Crippen LogP contribution is -2.41. The Balaban J connectivity index is 1.80. The van der Waals surface area contributed by atoms with Gasteiger partial charge >= 0.3 is 0 Å². The van der Waals surface area contributed by atoms with Gasteiger partial charge in [-0.2, -0.15) is 5.10 Å². The molecule has 1 fully saturated rings. The van der Waals surface area contributed by atoms with Gasteiger partial charge in [-0.25, -0.2) is 14.1 Å². The van der Waals surface area contributed by atoms with Crippen LogP contribution in [0.5, 0.6) is 0 Å². The highest BCUT2D eigenvalue weighted by Crippen LogP contribution is 2.24. The number of amides is 1. The van der Waals surface area contributed by atoms with Gasteiger partial charge in [0.25, 0.3) is 5.91 Å². The van der Waals surface area contributed by atoms with Crippen LogP contribution in [0.25, 0.3) is 0 Å². The van der Waals surface area contributed by atoms with E-state index in [-0.39, 0.29) is 17.5 Å². The van der Waals surface area contributed by atoms with Gasteiger partial charge in [0.2, 0.25) is 0 Å². The summed E-state index contributed by atoms with van der Waals surface area (Å²) in [5.74, 6) is 0.859. The summed E-state index contributed by atoms with van der Waals surface area (Å²) in [6, 6.07) is 6.23. The Hall–Kier alpha value is -2.24. The first-order valence-electron chi connectivity index (χ1n) is 7.50. The van der Waals surface area contributed by atoms with E-state index in [2.05, 4.69) is 10.1 Å². The molecule has 6 heteroatoms. The predicted octanol–water partition coefficient (Wildman–Crippen LogP) is 2.51. The first-order chi connectivity index (χ1) is 10.6. The first kappa shape index (κ1) is 14.7. The molecule has 1 atom stereocenters. The standard InChI is InChI=1S/C16H19FN4O/c1-11-18-12(2)21(19-11)13-6-5-9-20(10-13)16(22)14-7-3-4-8-15(14)17/h3-4,7-8,13H,5-6,9-10H2,1-2H3/t13-/m1/s1. The highest BCUT2D eigenvalue weighted by molar-refractivity contribution is 5.94. The van der Waals surface area contributed by atoms with E-state index in [0.717, 1.165) is 24.5 Å². The molecule has 1 amide bonds. The van der Waals surface area contributed by atoms with E-state index in [4.69, 9.17) is 0 Å². The Bertz CT molecular complexity index is 697. The fourth-order valence-corrected chi connectivity index (χ4v) is 3.03. The molecule has 2 heterocycles. The monoisotopic (exact) mass is 302 g/mol. The number of rotatable bonds is 2. The van der Waals surface area contributed by atoms with Gasteiger partial charge in [0.15, 0.2) is 0 Å². The minimum Gasteiger partial charge on any atom is -0.336 e. The fraction of sp³-hybridized carbons (Fsp3) is 0.438. The van der Waals surface area contributed by atoms with Gasteiger partial charge in [-0.3, -0.25) is 4.79 Å². The van der Waals surface area contributed by atoms with Crippen LogP contribution in [0.1, 0.15) is 40.9 Å². The van der Waals surface area contributed by atoms with Crippen molar-refractivity contribution in [1.29, 1.82) is 0 Å². The molecule has 0 unspecified atom stereocenters. The van der Waals surface area contributed by atoms with Gasteiger partial charge in [0.1, 0.15) is 17.5 Å². The Labute approximate surface area is 128 Å². The lowest BCUT2D eigenvalue weighted by atomic mass is 10.0. The molecule has 3 rings (SSSR count). The summed E-state index contributed by atoms with van der Waals surface area (Å²) in [6.45, 7) is 4.96. The lowest BCUT2D eigenvalue weighted by Gasteiger charge is -2.33. The minimum atomic E-state index is -0.470. The summed E-state index contributed by atoms with van der Waals surface area (Å²) < 4.78 is 15.7. The van der Waals surface area contributed by atoms with Gasteiger partial charge in [-0.1, -0.05) is 12.1 Å². The molecule has 0 N–H and O–H groups in total. The van der Waals surface area contributed by atoms with Crippen molar-refractivity contribution in [2.45, 2.75) is 32.7 Å². The molecular formula is C16H19FN4O. The van der Waals surface area contributed by atoms with E-state index in [0.29, 0.717) is 13.1 Å². The second-order valence-electron chi connectivity index (χ2n) is 5.68. The van der Waals surface area contributed by atoms with Crippen LogP contribution in [-0.4, -0.2) is 38.7 Å². The summed E-state index contributed by atoms with van der Waals surface area (Å²) in [5, 5.41) is 4.41. The quantitative estimate of drug-likeness (QED) is 0.856. The van der Waals surface area contributed by atoms with E-state index >= 15 is 0 Å². The van der Waals surface area contributed by atoms with E-state index in [1.807, 2.05) is 18.5 Å². The molecule has 0 bridgehead atoms. The molecule has 0 aliphatic carbocycles. The number of piperidine rings is 1. The van der Waals surface area contributed by atoms with E-state index in [1.54, 1.807) is 17.0 Å². The lowest BCUT2D eigenvalue weighted by molar-refractivity contribution is 0.0666. The third kappa shape index (κ3) is 2.73. The smallest absolute Gasteiger partial charge is 0.256 e. The van der Waals surface area contributed by atoms with Crippen molar-refractivity contribution in [2.75, 3.05) is 13.1 Å². The number of aromatic nitrogens is 3. The van der Waals surface area contributed by atoms with Crippen molar-refractivity contribution in [3.8, 4) is 0 Å². The zero-order valence-corrected chi connectivity index (χ0v) is 12.8. The van der Waals surface area contributed by atoms with Crippen LogP contribution in [0.3, 0.4) is 0 Å². The molecule has 1 aliphatic rings. The second-order valence-corrected chi connectivity index (χ2v) is 5.68. The summed E-state index contributed by atoms with van der Waals surface area (Å²) in [5.41, 5.74) is 0.134. The number of carbonyl (C=O) groups is 1. The highest BCUT2D eigenvalue weighted by atomic mass is 19.1. The first-order valence-corrected chi connectivity index (χ1v) is 7.50. The van der Waals surface area contributed by atoms with Crippen LogP contribution >= 0.6 is 0 Å². The van der Waals surface area contributed by atoms with Gasteiger partial charge in [0, 0.05) is 13.1 Å². The van der Waals surface area contributed by atoms with Crippen molar-refractivity contribution < 1.29 is 9.18 Å². The molecule has 22 heavy (non-hydrogen) atoms. The zero-order chi connectivity index (χ0) is 15.7. The number of hydrogen-bond donors (Lipinski definition) is 0. The Kier molecular flexibility index (Phi) is 3.92. The normalized spacial score (nSPS) is 18.5. The van der Waals surface area contributed by atoms with Crippen LogP contribution in [0.4, 0.5) is 4.39 Å². The Morgan fingerprint density at radius 2 is 2.09 bits per heavy atom. The zero-order valence-electron chi connectivity index (χ0n) is 12.8. The third-order valence-electron chi connectivity index (χ3n) is 4.04. The molecule has 2 aromatic rings. The molecule has 0 radical (unpaired) electrons. The van der Waals surface area contributed by atoms with Gasteiger partial charge in [-0.15, -0.1) is 0 Å². The summed E-state index contributed by atoms with van der Waals surface area (Å²) >= 11 is 0. The number of nitrogens with zero attached hydrogens (tertiary/aromatic N) is 4. The molecule has 5 nitrogen and oxygen atoms in total. The molecule has 1 saturated heterocycles. The summed E-state index contributed by atoms with van der Waals surface area (Å²) in [4.78, 5) is 18.6. The van der Waals surface area contributed by atoms with Crippen molar-refractivity contribution in [2.24, 2.45) is 0 Å². The molecule has 0 spiro atoms. The molecule has 1 aromatic carbocycles. The van der Waals surface area contributed by atoms with Crippen molar-refractivity contribution in [1.82, 2.24) is 19.7 Å². The maximum Gasteiger partial charge on any atom is 0.256 e. The van der Waals surface area contributed by atoms with Crippen molar-refractivity contribution in [3.63, 3.8) is 0 Å². The van der Waals surface area contributed by atoms with Crippen LogP contribution in [0.2, 0.25) is 0 Å². The van der Waals surface area contributed by atoms with Crippen molar-refractivity contribution in [3.05, 3.63) is 47.3 Å². The largest absolute Gasteiger partial charge is 0.336 e. The minimum absolute atomic E-state index is 0.102. The number of benzene rings is 1. The number of halogens is 1. The van der Waals surface area contributed by atoms with Gasteiger partial charge in [0.05, 0.1) is 11.6 Å². The molecule has 116 valence electrons. The number of likely N-dealkylation sites (tertiary alicyclic amines) is 1. The van der Waals surface area contributed by atoms with Crippen LogP contribution in [0, 0.1) is 19.7 Å². The maximum atomic E-state index is 13.8. The average molecular weight is 302 g/mol. The summed E-state index contributed by atoms with van der Waals surface area (Å²) in [6.07, 6.45) is 1.83.